The predicted octanol–water partition coefficient (Wildman–Crippen LogP) is 7.44. The van der Waals surface area contributed by atoms with Gasteiger partial charge >= 0.3 is 5.97 Å². The quantitative estimate of drug-likeness (QED) is 0.419. The summed E-state index contributed by atoms with van der Waals surface area (Å²) in [5.74, 6) is 1.35. The molecule has 7 atom stereocenters. The standard InChI is InChI=1S/C30H46O3/c1-25(2)14-16-30(24(32)33)17-15-28(6)19(20(30)18-25)8-9-22-27(5)12-11-23(31)26(3,4)21(27)10-13-29(22,28)7/h18-19,21-22H,8-17H2,1-7H3,(H,32,33)/t19-,21?,22-,27+,28-,29-,30+/m1/s1. The molecule has 1 unspecified atom stereocenters. The van der Waals surface area contributed by atoms with Crippen LogP contribution in [0.25, 0.3) is 0 Å². The number of aliphatic carboxylic acids is 1. The van der Waals surface area contributed by atoms with Crippen molar-refractivity contribution in [2.45, 2.75) is 113 Å². The summed E-state index contributed by atoms with van der Waals surface area (Å²) >= 11 is 0. The van der Waals surface area contributed by atoms with Crippen LogP contribution in [0.1, 0.15) is 113 Å². The Morgan fingerprint density at radius 2 is 1.48 bits per heavy atom. The molecular weight excluding hydrogens is 408 g/mol. The number of carbonyl (C=O) groups excluding carboxylic acids is 1. The van der Waals surface area contributed by atoms with Crippen molar-refractivity contribution in [1.29, 1.82) is 0 Å². The highest BCUT2D eigenvalue weighted by Crippen LogP contribution is 2.76. The van der Waals surface area contributed by atoms with Crippen molar-refractivity contribution < 1.29 is 14.7 Å². The van der Waals surface area contributed by atoms with E-state index in [4.69, 9.17) is 0 Å². The monoisotopic (exact) mass is 454 g/mol. The van der Waals surface area contributed by atoms with E-state index in [2.05, 4.69) is 54.5 Å². The van der Waals surface area contributed by atoms with E-state index < -0.39 is 11.4 Å². The second kappa shape index (κ2) is 6.76. The second-order valence-electron chi connectivity index (χ2n) is 14.7. The van der Waals surface area contributed by atoms with Gasteiger partial charge in [0.05, 0.1) is 5.41 Å². The Kier molecular flexibility index (Phi) is 4.83. The van der Waals surface area contributed by atoms with Gasteiger partial charge in [0.1, 0.15) is 5.78 Å². The first-order valence-electron chi connectivity index (χ1n) is 13.6. The van der Waals surface area contributed by atoms with Crippen LogP contribution >= 0.6 is 0 Å². The number of hydrogen-bond acceptors (Lipinski definition) is 2. The van der Waals surface area contributed by atoms with Gasteiger partial charge in [0.25, 0.3) is 0 Å². The summed E-state index contributed by atoms with van der Waals surface area (Å²) in [6, 6.07) is 0. The van der Waals surface area contributed by atoms with Gasteiger partial charge in [0, 0.05) is 11.8 Å². The zero-order valence-corrected chi connectivity index (χ0v) is 22.1. The minimum atomic E-state index is -0.636. The molecule has 33 heavy (non-hydrogen) atoms. The highest BCUT2D eigenvalue weighted by Gasteiger charge is 2.69. The maximum atomic E-state index is 12.9. The third-order valence-electron chi connectivity index (χ3n) is 12.8. The van der Waals surface area contributed by atoms with E-state index in [-0.39, 0.29) is 27.1 Å². The fourth-order valence-electron chi connectivity index (χ4n) is 10.5. The van der Waals surface area contributed by atoms with Gasteiger partial charge in [-0.3, -0.25) is 9.59 Å². The lowest BCUT2D eigenvalue weighted by molar-refractivity contribution is -0.213. The van der Waals surface area contributed by atoms with Gasteiger partial charge in [-0.25, -0.2) is 0 Å². The van der Waals surface area contributed by atoms with Crippen LogP contribution < -0.4 is 0 Å². The van der Waals surface area contributed by atoms with Crippen molar-refractivity contribution in [1.82, 2.24) is 0 Å². The van der Waals surface area contributed by atoms with Crippen molar-refractivity contribution in [2.75, 3.05) is 0 Å². The van der Waals surface area contributed by atoms with Crippen LogP contribution in [0.2, 0.25) is 0 Å². The fourth-order valence-corrected chi connectivity index (χ4v) is 10.5. The van der Waals surface area contributed by atoms with Crippen molar-refractivity contribution >= 4 is 11.8 Å². The van der Waals surface area contributed by atoms with Crippen LogP contribution in [-0.4, -0.2) is 16.9 Å². The van der Waals surface area contributed by atoms with Gasteiger partial charge in [-0.05, 0) is 97.2 Å². The topological polar surface area (TPSA) is 54.4 Å². The summed E-state index contributed by atoms with van der Waals surface area (Å²) in [7, 11) is 0. The number of hydrogen-bond donors (Lipinski definition) is 1. The normalized spacial score (nSPS) is 50.2. The van der Waals surface area contributed by atoms with Gasteiger partial charge in [-0.1, -0.05) is 60.1 Å². The zero-order chi connectivity index (χ0) is 24.2. The van der Waals surface area contributed by atoms with Gasteiger partial charge in [0.15, 0.2) is 0 Å². The molecule has 0 aliphatic heterocycles. The molecule has 0 aromatic rings. The Hall–Kier alpha value is -1.12. The predicted molar refractivity (Wildman–Crippen MR) is 132 cm³/mol. The number of carboxylic acids is 1. The summed E-state index contributed by atoms with van der Waals surface area (Å²) < 4.78 is 0. The number of ketones is 1. The average Bonchev–Trinajstić information content (AvgIpc) is 2.71. The Bertz CT molecular complexity index is 927. The second-order valence-corrected chi connectivity index (χ2v) is 14.7. The molecule has 0 aromatic carbocycles. The lowest BCUT2D eigenvalue weighted by Gasteiger charge is -2.71. The zero-order valence-electron chi connectivity index (χ0n) is 22.1. The van der Waals surface area contributed by atoms with Gasteiger partial charge < -0.3 is 5.11 Å². The van der Waals surface area contributed by atoms with Crippen LogP contribution in [0.5, 0.6) is 0 Å². The Morgan fingerprint density at radius 3 is 2.15 bits per heavy atom. The summed E-state index contributed by atoms with van der Waals surface area (Å²) in [6.07, 6.45) is 12.4. The van der Waals surface area contributed by atoms with Gasteiger partial charge in [-0.2, -0.15) is 0 Å². The maximum Gasteiger partial charge on any atom is 0.313 e. The van der Waals surface area contributed by atoms with Crippen molar-refractivity contribution in [3.63, 3.8) is 0 Å². The number of rotatable bonds is 1. The van der Waals surface area contributed by atoms with E-state index in [0.717, 1.165) is 51.4 Å². The molecule has 5 aliphatic rings. The molecule has 184 valence electrons. The summed E-state index contributed by atoms with van der Waals surface area (Å²) in [5.41, 5.74) is 1.06. The Balaban J connectivity index is 1.59. The molecule has 4 fully saturated rings. The lowest BCUT2D eigenvalue weighted by atomic mass is 9.32. The minimum absolute atomic E-state index is 0.0850. The molecule has 0 saturated heterocycles. The molecule has 3 nitrogen and oxygen atoms in total. The minimum Gasteiger partial charge on any atom is -0.481 e. The van der Waals surface area contributed by atoms with Crippen molar-refractivity contribution in [3.8, 4) is 0 Å². The van der Waals surface area contributed by atoms with E-state index in [1.807, 2.05) is 0 Å². The van der Waals surface area contributed by atoms with Crippen LogP contribution in [-0.2, 0) is 9.59 Å². The highest BCUT2D eigenvalue weighted by atomic mass is 16.4. The van der Waals surface area contributed by atoms with Crippen LogP contribution in [0.4, 0.5) is 0 Å². The third kappa shape index (κ3) is 2.80. The number of carbonyl (C=O) groups is 2. The molecule has 0 amide bonds. The molecular formula is C30H46O3. The Labute approximate surface area is 201 Å². The van der Waals surface area contributed by atoms with E-state index in [1.165, 1.54) is 18.4 Å². The largest absolute Gasteiger partial charge is 0.481 e. The molecule has 5 rings (SSSR count). The van der Waals surface area contributed by atoms with E-state index >= 15 is 0 Å². The lowest BCUT2D eigenvalue weighted by Crippen LogP contribution is -2.65. The smallest absolute Gasteiger partial charge is 0.313 e. The number of allylic oxidation sites excluding steroid dienone is 1. The molecule has 5 aliphatic carbocycles. The average molecular weight is 455 g/mol. The van der Waals surface area contributed by atoms with Crippen molar-refractivity contribution in [3.05, 3.63) is 11.6 Å². The molecule has 0 spiro atoms. The van der Waals surface area contributed by atoms with E-state index in [1.54, 1.807) is 0 Å². The van der Waals surface area contributed by atoms with Gasteiger partial charge in [-0.15, -0.1) is 0 Å². The molecule has 0 aromatic heterocycles. The first-order chi connectivity index (χ1) is 15.1. The van der Waals surface area contributed by atoms with Crippen LogP contribution in [0, 0.1) is 50.2 Å². The first kappa shape index (κ1) is 23.6. The maximum absolute atomic E-state index is 12.9. The van der Waals surface area contributed by atoms with Crippen molar-refractivity contribution in [2.24, 2.45) is 50.2 Å². The van der Waals surface area contributed by atoms with Gasteiger partial charge in [0.2, 0.25) is 0 Å². The van der Waals surface area contributed by atoms with Crippen LogP contribution in [0.15, 0.2) is 11.6 Å². The van der Waals surface area contributed by atoms with E-state index in [9.17, 15) is 14.7 Å². The summed E-state index contributed by atoms with van der Waals surface area (Å²) in [6.45, 7) is 16.6. The molecule has 0 heterocycles. The summed E-state index contributed by atoms with van der Waals surface area (Å²) in [4.78, 5) is 25.6. The third-order valence-corrected chi connectivity index (χ3v) is 12.8. The fraction of sp³-hybridized carbons (Fsp3) is 0.867. The SMILES string of the molecule is CC1(C)C=C2[C@H]3CC[C@@H]4[C@@]5(C)CCC(=O)C(C)(C)C5CC[C@@]4(C)[C@]3(C)CC[C@@]2(C(=O)O)CC1. The molecule has 4 saturated carbocycles. The molecule has 1 N–H and O–H groups in total. The number of fused-ring (bicyclic) bond motifs is 7. The van der Waals surface area contributed by atoms with Crippen LogP contribution in [0.3, 0.4) is 0 Å². The first-order valence-corrected chi connectivity index (χ1v) is 13.6. The number of carboxylic acid groups (broad SMARTS) is 1. The number of Topliss-reactive ketones (excluding diaryl/α,β-unsaturated/α-hetero) is 1. The highest BCUT2D eigenvalue weighted by molar-refractivity contribution is 5.85. The summed E-state index contributed by atoms with van der Waals surface area (Å²) in [5, 5.41) is 10.5. The van der Waals surface area contributed by atoms with E-state index in [0.29, 0.717) is 23.5 Å². The molecule has 3 heteroatoms. The molecule has 0 bridgehead atoms. The molecule has 0 radical (unpaired) electrons. The Morgan fingerprint density at radius 1 is 0.818 bits per heavy atom.